The van der Waals surface area contributed by atoms with E-state index in [1.54, 1.807) is 6.07 Å². The molecule has 0 atom stereocenters. The molecular weight excluding hydrogens is 282 g/mol. The number of nitrogens with zero attached hydrogens (tertiary/aromatic N) is 1. The van der Waals surface area contributed by atoms with Gasteiger partial charge >= 0.3 is 6.08 Å². The van der Waals surface area contributed by atoms with Crippen molar-refractivity contribution in [3.05, 3.63) is 23.8 Å². The maximum atomic E-state index is 9.44. The third-order valence-electron chi connectivity index (χ3n) is 3.17. The summed E-state index contributed by atoms with van der Waals surface area (Å²) in [5, 5.41) is 18.7. The van der Waals surface area contributed by atoms with Crippen LogP contribution in [0.25, 0.3) is 0 Å². The number of aliphatic imine (C=N–C) groups is 1. The number of phenolic OH excluding ortho intramolecular Hbond substituents is 2. The predicted molar refractivity (Wildman–Crippen MR) is 87.5 cm³/mol. The third-order valence-corrected chi connectivity index (χ3v) is 3.17. The Labute approximate surface area is 132 Å². The van der Waals surface area contributed by atoms with Gasteiger partial charge in [0.2, 0.25) is 0 Å². The van der Waals surface area contributed by atoms with Crippen molar-refractivity contribution in [2.45, 2.75) is 46.0 Å². The molecule has 0 aliphatic rings. The summed E-state index contributed by atoms with van der Waals surface area (Å²) in [5.41, 5.74) is 0.901. The van der Waals surface area contributed by atoms with Crippen LogP contribution in [-0.4, -0.2) is 36.1 Å². The van der Waals surface area contributed by atoms with Crippen molar-refractivity contribution in [2.24, 2.45) is 4.99 Å². The molecule has 5 heteroatoms. The molecule has 0 saturated heterocycles. The van der Waals surface area contributed by atoms with Crippen molar-refractivity contribution in [1.29, 1.82) is 0 Å². The SMILES string of the molecule is CCCCCCOC(=NCCc1ccc(O)c(O)c1)OCC. The summed E-state index contributed by atoms with van der Waals surface area (Å²) in [5.74, 6) is -0.226. The maximum absolute atomic E-state index is 9.44. The minimum Gasteiger partial charge on any atom is -0.504 e. The van der Waals surface area contributed by atoms with Gasteiger partial charge in [-0.3, -0.25) is 0 Å². The number of phenols is 2. The fraction of sp³-hybridized carbons (Fsp3) is 0.588. The lowest BCUT2D eigenvalue weighted by molar-refractivity contribution is 0.168. The van der Waals surface area contributed by atoms with E-state index in [0.717, 1.165) is 18.4 Å². The average Bonchev–Trinajstić information content (AvgIpc) is 2.50. The molecule has 0 bridgehead atoms. The molecule has 1 aromatic carbocycles. The molecule has 2 N–H and O–H groups in total. The minimum atomic E-state index is -0.113. The van der Waals surface area contributed by atoms with Crippen molar-refractivity contribution < 1.29 is 19.7 Å². The minimum absolute atomic E-state index is 0.112. The Balaban J connectivity index is 2.39. The first-order valence-corrected chi connectivity index (χ1v) is 7.98. The summed E-state index contributed by atoms with van der Waals surface area (Å²) in [4.78, 5) is 4.31. The number of rotatable bonds is 9. The highest BCUT2D eigenvalue weighted by Gasteiger charge is 2.03. The van der Waals surface area contributed by atoms with E-state index < -0.39 is 0 Å². The normalized spacial score (nSPS) is 11.5. The second kappa shape index (κ2) is 10.8. The molecule has 0 radical (unpaired) electrons. The monoisotopic (exact) mass is 309 g/mol. The molecule has 0 unspecified atom stereocenters. The lowest BCUT2D eigenvalue weighted by atomic mass is 10.1. The zero-order valence-electron chi connectivity index (χ0n) is 13.5. The van der Waals surface area contributed by atoms with Crippen LogP contribution >= 0.6 is 0 Å². The van der Waals surface area contributed by atoms with Crippen molar-refractivity contribution in [3.8, 4) is 11.5 Å². The van der Waals surface area contributed by atoms with Crippen LogP contribution in [0.2, 0.25) is 0 Å². The zero-order chi connectivity index (χ0) is 16.2. The first-order valence-electron chi connectivity index (χ1n) is 7.98. The number of hydrogen-bond acceptors (Lipinski definition) is 5. The van der Waals surface area contributed by atoms with Gasteiger partial charge in [-0.15, -0.1) is 0 Å². The van der Waals surface area contributed by atoms with E-state index in [2.05, 4.69) is 11.9 Å². The summed E-state index contributed by atoms with van der Waals surface area (Å²) < 4.78 is 10.9. The van der Waals surface area contributed by atoms with Crippen LogP contribution in [0.4, 0.5) is 0 Å². The molecule has 0 aliphatic carbocycles. The van der Waals surface area contributed by atoms with Gasteiger partial charge in [-0.25, -0.2) is 4.99 Å². The molecule has 0 saturated carbocycles. The summed E-state index contributed by atoms with van der Waals surface area (Å²) in [6, 6.07) is 4.77. The summed E-state index contributed by atoms with van der Waals surface area (Å²) in [6.45, 7) is 5.73. The largest absolute Gasteiger partial charge is 0.504 e. The van der Waals surface area contributed by atoms with Crippen molar-refractivity contribution >= 4 is 6.08 Å². The second-order valence-corrected chi connectivity index (χ2v) is 5.06. The van der Waals surface area contributed by atoms with Crippen LogP contribution in [0.5, 0.6) is 11.5 Å². The first kappa shape index (κ1) is 18.1. The number of hydrogen-bond donors (Lipinski definition) is 2. The van der Waals surface area contributed by atoms with E-state index in [1.165, 1.54) is 25.0 Å². The van der Waals surface area contributed by atoms with E-state index in [0.29, 0.717) is 32.3 Å². The second-order valence-electron chi connectivity index (χ2n) is 5.06. The van der Waals surface area contributed by atoms with Gasteiger partial charge < -0.3 is 19.7 Å². The molecule has 0 aromatic heterocycles. The van der Waals surface area contributed by atoms with Crippen LogP contribution in [0.3, 0.4) is 0 Å². The van der Waals surface area contributed by atoms with Gasteiger partial charge in [0.25, 0.3) is 0 Å². The number of benzene rings is 1. The van der Waals surface area contributed by atoms with E-state index in [4.69, 9.17) is 9.47 Å². The van der Waals surface area contributed by atoms with Gasteiger partial charge in [-0.05, 0) is 37.5 Å². The van der Waals surface area contributed by atoms with Crippen molar-refractivity contribution in [3.63, 3.8) is 0 Å². The Hall–Kier alpha value is -1.91. The number of unbranched alkanes of at least 4 members (excludes halogenated alkanes) is 3. The Morgan fingerprint density at radius 2 is 1.86 bits per heavy atom. The van der Waals surface area contributed by atoms with Gasteiger partial charge in [0.05, 0.1) is 19.8 Å². The molecule has 1 aromatic rings. The van der Waals surface area contributed by atoms with Crippen molar-refractivity contribution in [2.75, 3.05) is 19.8 Å². The summed E-state index contributed by atoms with van der Waals surface area (Å²) >= 11 is 0. The molecule has 0 heterocycles. The molecule has 0 fully saturated rings. The Morgan fingerprint density at radius 1 is 1.05 bits per heavy atom. The third kappa shape index (κ3) is 7.20. The fourth-order valence-corrected chi connectivity index (χ4v) is 1.95. The van der Waals surface area contributed by atoms with Gasteiger partial charge in [0.1, 0.15) is 0 Å². The van der Waals surface area contributed by atoms with Gasteiger partial charge in [0, 0.05) is 0 Å². The van der Waals surface area contributed by atoms with E-state index in [1.807, 2.05) is 6.92 Å². The predicted octanol–water partition coefficient (Wildman–Crippen LogP) is 3.63. The van der Waals surface area contributed by atoms with Gasteiger partial charge in [-0.2, -0.15) is 0 Å². The summed E-state index contributed by atoms with van der Waals surface area (Å²) in [7, 11) is 0. The number of aromatic hydroxyl groups is 2. The molecule has 0 spiro atoms. The van der Waals surface area contributed by atoms with E-state index in [9.17, 15) is 10.2 Å². The molecular formula is C17H27NO4. The topological polar surface area (TPSA) is 71.3 Å². The fourth-order valence-electron chi connectivity index (χ4n) is 1.95. The summed E-state index contributed by atoms with van der Waals surface area (Å²) in [6.07, 6.45) is 5.56. The lowest BCUT2D eigenvalue weighted by Gasteiger charge is -2.09. The number of ether oxygens (including phenoxy) is 2. The van der Waals surface area contributed by atoms with Crippen LogP contribution in [0.15, 0.2) is 23.2 Å². The highest BCUT2D eigenvalue weighted by Crippen LogP contribution is 2.24. The van der Waals surface area contributed by atoms with E-state index in [-0.39, 0.29) is 11.5 Å². The highest BCUT2D eigenvalue weighted by molar-refractivity contribution is 5.66. The van der Waals surface area contributed by atoms with Crippen LogP contribution in [0.1, 0.15) is 45.1 Å². The van der Waals surface area contributed by atoms with E-state index >= 15 is 0 Å². The van der Waals surface area contributed by atoms with Crippen LogP contribution in [0, 0.1) is 0 Å². The molecule has 0 amide bonds. The molecule has 22 heavy (non-hydrogen) atoms. The van der Waals surface area contributed by atoms with Gasteiger partial charge in [-0.1, -0.05) is 32.3 Å². The highest BCUT2D eigenvalue weighted by atomic mass is 16.7. The van der Waals surface area contributed by atoms with Crippen LogP contribution in [-0.2, 0) is 15.9 Å². The van der Waals surface area contributed by atoms with Gasteiger partial charge in [0.15, 0.2) is 11.5 Å². The zero-order valence-corrected chi connectivity index (χ0v) is 13.5. The maximum Gasteiger partial charge on any atom is 0.383 e. The molecule has 124 valence electrons. The standard InChI is InChI=1S/C17H27NO4/c1-3-5-6-7-12-22-17(21-4-2)18-11-10-14-8-9-15(19)16(20)13-14/h8-9,13,19-20H,3-7,10-12H2,1-2H3. The molecule has 5 nitrogen and oxygen atoms in total. The van der Waals surface area contributed by atoms with Crippen LogP contribution < -0.4 is 0 Å². The van der Waals surface area contributed by atoms with Crippen molar-refractivity contribution in [1.82, 2.24) is 0 Å². The smallest absolute Gasteiger partial charge is 0.383 e. The first-order chi connectivity index (χ1) is 10.7. The Bertz CT molecular complexity index is 460. The average molecular weight is 309 g/mol. The molecule has 1 rings (SSSR count). The molecule has 0 aliphatic heterocycles. The quantitative estimate of drug-likeness (QED) is 0.316. The Morgan fingerprint density at radius 3 is 2.55 bits per heavy atom. The Kier molecular flexibility index (Phi) is 8.88. The lowest BCUT2D eigenvalue weighted by Crippen LogP contribution is -2.12.